The first-order valence-corrected chi connectivity index (χ1v) is 16.8. The van der Waals surface area contributed by atoms with Gasteiger partial charge in [0.2, 0.25) is 5.91 Å². The largest absolute Gasteiger partial charge is 0.445 e. The highest BCUT2D eigenvalue weighted by Gasteiger charge is 2.42. The Balaban J connectivity index is 1.13. The van der Waals surface area contributed by atoms with Gasteiger partial charge in [-0.2, -0.15) is 0 Å². The molecule has 2 aliphatic heterocycles. The number of aromatic nitrogens is 1. The van der Waals surface area contributed by atoms with Crippen molar-refractivity contribution in [2.75, 3.05) is 25.0 Å². The molecule has 2 N–H and O–H groups in total. The Hall–Kier alpha value is -4.94. The minimum absolute atomic E-state index is 0.00598. The summed E-state index contributed by atoms with van der Waals surface area (Å²) in [5.74, 6) is -0.944. The van der Waals surface area contributed by atoms with Crippen molar-refractivity contribution in [1.29, 1.82) is 0 Å². The van der Waals surface area contributed by atoms with Crippen LogP contribution in [-0.4, -0.2) is 65.2 Å². The molecular formula is C39H42N4O7. The number of rotatable bonds is 12. The molecule has 4 aromatic rings. The Morgan fingerprint density at radius 3 is 2.36 bits per heavy atom. The van der Waals surface area contributed by atoms with Crippen molar-refractivity contribution in [2.45, 2.75) is 57.5 Å². The van der Waals surface area contributed by atoms with E-state index in [0.29, 0.717) is 12.2 Å². The van der Waals surface area contributed by atoms with Crippen LogP contribution in [0.25, 0.3) is 0 Å². The van der Waals surface area contributed by atoms with E-state index in [0.717, 1.165) is 45.8 Å². The lowest BCUT2D eigenvalue weighted by Gasteiger charge is -2.42. The average Bonchev–Trinajstić information content (AvgIpc) is 3.43. The van der Waals surface area contributed by atoms with E-state index in [1.165, 1.54) is 0 Å². The van der Waals surface area contributed by atoms with Crippen LogP contribution in [0.4, 0.5) is 10.5 Å². The second kappa shape index (κ2) is 16.2. The zero-order valence-electron chi connectivity index (χ0n) is 28.2. The van der Waals surface area contributed by atoms with Crippen molar-refractivity contribution in [3.63, 3.8) is 0 Å². The monoisotopic (exact) mass is 678 g/mol. The Labute approximate surface area is 291 Å². The summed E-state index contributed by atoms with van der Waals surface area (Å²) in [6, 6.07) is 28.8. The van der Waals surface area contributed by atoms with Gasteiger partial charge in [0.1, 0.15) is 12.6 Å². The van der Waals surface area contributed by atoms with E-state index in [-0.39, 0.29) is 37.8 Å². The van der Waals surface area contributed by atoms with Crippen molar-refractivity contribution in [3.8, 4) is 0 Å². The van der Waals surface area contributed by atoms with E-state index in [4.69, 9.17) is 14.2 Å². The van der Waals surface area contributed by atoms with Gasteiger partial charge < -0.3 is 29.5 Å². The molecule has 0 spiro atoms. The van der Waals surface area contributed by atoms with Gasteiger partial charge >= 0.3 is 6.09 Å². The van der Waals surface area contributed by atoms with Crippen LogP contribution in [0, 0.1) is 5.92 Å². The number of likely N-dealkylation sites (N-methyl/N-ethyl adjacent to an activating group) is 1. The number of nitrogens with one attached hydrogen (secondary N) is 1. The highest BCUT2D eigenvalue weighted by atomic mass is 16.7. The smallest absolute Gasteiger partial charge is 0.408 e. The number of anilines is 1. The lowest BCUT2D eigenvalue weighted by atomic mass is 9.90. The van der Waals surface area contributed by atoms with Gasteiger partial charge in [0.15, 0.2) is 6.29 Å². The number of benzene rings is 3. The highest BCUT2D eigenvalue weighted by molar-refractivity contribution is 6.22. The third-order valence-corrected chi connectivity index (χ3v) is 9.17. The maximum Gasteiger partial charge on any atom is 0.408 e. The predicted octanol–water partition coefficient (Wildman–Crippen LogP) is 5.10. The van der Waals surface area contributed by atoms with Crippen LogP contribution in [0.5, 0.6) is 0 Å². The molecule has 2 fully saturated rings. The van der Waals surface area contributed by atoms with Gasteiger partial charge in [0.25, 0.3) is 5.91 Å². The van der Waals surface area contributed by atoms with Crippen LogP contribution in [0.3, 0.4) is 0 Å². The fraction of sp³-hybridized carbons (Fsp3) is 0.333. The van der Waals surface area contributed by atoms with E-state index in [2.05, 4.69) is 29.2 Å². The highest BCUT2D eigenvalue weighted by Crippen LogP contribution is 2.42. The molecule has 3 heterocycles. The normalized spacial score (nSPS) is 22.2. The summed E-state index contributed by atoms with van der Waals surface area (Å²) >= 11 is 0. The molecule has 6 rings (SSSR count). The maximum atomic E-state index is 13.2. The van der Waals surface area contributed by atoms with E-state index < -0.39 is 30.2 Å². The number of aliphatic hydroxyl groups is 1. The topological polar surface area (TPSA) is 131 Å². The first-order valence-electron chi connectivity index (χ1n) is 16.8. The first kappa shape index (κ1) is 34.9. The number of aliphatic hydroxyl groups excluding tert-OH is 1. The zero-order valence-corrected chi connectivity index (χ0v) is 28.2. The Morgan fingerprint density at radius 2 is 1.66 bits per heavy atom. The summed E-state index contributed by atoms with van der Waals surface area (Å²) in [7, 11) is 2.07. The summed E-state index contributed by atoms with van der Waals surface area (Å²) in [5, 5.41) is 12.1. The van der Waals surface area contributed by atoms with E-state index in [1.807, 2.05) is 72.8 Å². The molecule has 1 unspecified atom stereocenters. The van der Waals surface area contributed by atoms with Gasteiger partial charge in [-0.1, -0.05) is 79.7 Å². The first-order chi connectivity index (χ1) is 24.3. The minimum atomic E-state index is -1.02. The van der Waals surface area contributed by atoms with Crippen molar-refractivity contribution in [2.24, 2.45) is 5.92 Å². The van der Waals surface area contributed by atoms with Crippen molar-refractivity contribution in [1.82, 2.24) is 15.2 Å². The fourth-order valence-electron chi connectivity index (χ4n) is 6.28. The second-order valence-corrected chi connectivity index (χ2v) is 12.8. The molecule has 0 bridgehead atoms. The fourth-order valence-corrected chi connectivity index (χ4v) is 6.28. The Bertz CT molecular complexity index is 1740. The number of amides is 3. The average molecular weight is 679 g/mol. The molecule has 0 saturated carbocycles. The van der Waals surface area contributed by atoms with Crippen molar-refractivity contribution < 1.29 is 33.7 Å². The molecule has 3 amide bonds. The summed E-state index contributed by atoms with van der Waals surface area (Å²) in [6.07, 6.45) is 0.499. The molecule has 260 valence electrons. The predicted molar refractivity (Wildman–Crippen MR) is 186 cm³/mol. The number of carbonyl (C=O) groups excluding carboxylic acids is 3. The standard InChI is InChI=1S/C39H42N4O7/c1-26-34(23-42(2)21-19-31-10-6-7-20-40-31)49-38(50-36(26)29-13-11-27(24-44)12-14-29)30-15-17-32(18-16-30)43-35(45)22-33(37(43)46)41-39(47)48-25-28-8-4-3-5-9-28/h3-18,20,26,33-34,36,38,44H,19,21-25H2,1-2H3,(H,41,47)/t26-,33?,34+,36+,38+/m1/s1. The van der Waals surface area contributed by atoms with Crippen LogP contribution >= 0.6 is 0 Å². The molecule has 5 atom stereocenters. The summed E-state index contributed by atoms with van der Waals surface area (Å²) in [6.45, 7) is 3.59. The molecular weight excluding hydrogens is 636 g/mol. The maximum absolute atomic E-state index is 13.2. The Kier molecular flexibility index (Phi) is 11.3. The molecule has 3 aromatic carbocycles. The van der Waals surface area contributed by atoms with Crippen LogP contribution in [0.1, 0.15) is 53.7 Å². The molecule has 11 nitrogen and oxygen atoms in total. The quantitative estimate of drug-likeness (QED) is 0.197. The van der Waals surface area contributed by atoms with Crippen LogP contribution in [0.15, 0.2) is 103 Å². The summed E-state index contributed by atoms with van der Waals surface area (Å²) in [4.78, 5) is 46.4. The number of hydrogen-bond acceptors (Lipinski definition) is 9. The third-order valence-electron chi connectivity index (χ3n) is 9.17. The van der Waals surface area contributed by atoms with Crippen molar-refractivity contribution in [3.05, 3.63) is 131 Å². The van der Waals surface area contributed by atoms with Gasteiger partial charge in [0.05, 0.1) is 30.9 Å². The number of hydrogen-bond donors (Lipinski definition) is 2. The summed E-state index contributed by atoms with van der Waals surface area (Å²) in [5.41, 5.74) is 4.76. The van der Waals surface area contributed by atoms with Gasteiger partial charge in [-0.05, 0) is 48.0 Å². The third kappa shape index (κ3) is 8.43. The second-order valence-electron chi connectivity index (χ2n) is 12.8. The molecule has 1 aromatic heterocycles. The molecule has 2 aliphatic rings. The van der Waals surface area contributed by atoms with Crippen LogP contribution in [0.2, 0.25) is 0 Å². The van der Waals surface area contributed by atoms with Gasteiger partial charge in [-0.3, -0.25) is 14.6 Å². The minimum Gasteiger partial charge on any atom is -0.445 e. The number of nitrogens with zero attached hydrogens (tertiary/aromatic N) is 3. The van der Waals surface area contributed by atoms with Crippen LogP contribution in [-0.2, 0) is 43.4 Å². The van der Waals surface area contributed by atoms with Crippen LogP contribution < -0.4 is 10.2 Å². The van der Waals surface area contributed by atoms with Crippen molar-refractivity contribution >= 4 is 23.6 Å². The number of pyridine rings is 1. The molecule has 50 heavy (non-hydrogen) atoms. The van der Waals surface area contributed by atoms with E-state index in [9.17, 15) is 19.5 Å². The lowest BCUT2D eigenvalue weighted by molar-refractivity contribution is -0.275. The molecule has 0 aliphatic carbocycles. The summed E-state index contributed by atoms with van der Waals surface area (Å²) < 4.78 is 18.4. The van der Waals surface area contributed by atoms with E-state index >= 15 is 0 Å². The van der Waals surface area contributed by atoms with Gasteiger partial charge in [-0.15, -0.1) is 0 Å². The van der Waals surface area contributed by atoms with E-state index in [1.54, 1.807) is 30.5 Å². The molecule has 2 saturated heterocycles. The van der Waals surface area contributed by atoms with Gasteiger partial charge in [-0.25, -0.2) is 9.69 Å². The zero-order chi connectivity index (χ0) is 35.0. The molecule has 0 radical (unpaired) electrons. The van der Waals surface area contributed by atoms with Gasteiger partial charge in [0, 0.05) is 42.9 Å². The number of imide groups is 1. The SMILES string of the molecule is C[C@@H]1[C@H](CN(C)CCc2ccccn2)O[C@H](c2ccc(N3C(=O)CC(NC(=O)OCc4ccccc4)C3=O)cc2)O[C@@H]1c1ccc(CO)cc1. The lowest BCUT2D eigenvalue weighted by Crippen LogP contribution is -2.44. The number of ether oxygens (including phenoxy) is 3. The number of carbonyl (C=O) groups is 3. The number of alkyl carbamates (subject to hydrolysis) is 1. The molecule has 11 heteroatoms. The Morgan fingerprint density at radius 1 is 0.940 bits per heavy atom.